The molecule has 3 rings (SSSR count). The van der Waals surface area contributed by atoms with E-state index >= 15 is 0 Å². The molecule has 3 amide bonds. The fourth-order valence-corrected chi connectivity index (χ4v) is 3.79. The molecule has 1 atom stereocenters. The molecule has 1 aliphatic heterocycles. The van der Waals surface area contributed by atoms with Crippen molar-refractivity contribution < 1.29 is 9.59 Å². The van der Waals surface area contributed by atoms with Crippen LogP contribution in [-0.4, -0.2) is 41.0 Å². The Morgan fingerprint density at radius 2 is 2.07 bits per heavy atom. The number of rotatable bonds is 5. The summed E-state index contributed by atoms with van der Waals surface area (Å²) in [4.78, 5) is 30.9. The van der Waals surface area contributed by atoms with Crippen molar-refractivity contribution in [3.63, 3.8) is 0 Å². The summed E-state index contributed by atoms with van der Waals surface area (Å²) in [5.74, 6) is 0.0256. The maximum absolute atomic E-state index is 12.5. The van der Waals surface area contributed by atoms with Crippen molar-refractivity contribution in [3.8, 4) is 0 Å². The van der Waals surface area contributed by atoms with Crippen LogP contribution in [0.5, 0.6) is 0 Å². The molecule has 1 aliphatic carbocycles. The minimum Gasteiger partial charge on any atom is -0.350 e. The van der Waals surface area contributed by atoms with Crippen molar-refractivity contribution in [1.82, 2.24) is 20.5 Å². The Bertz CT molecular complexity index is 666. The Morgan fingerprint density at radius 1 is 1.26 bits per heavy atom. The molecule has 2 heterocycles. The highest BCUT2D eigenvalue weighted by Gasteiger charge is 2.28. The molecule has 1 aromatic rings. The highest BCUT2D eigenvalue weighted by atomic mass is 16.2. The molecule has 2 N–H and O–H groups in total. The molecule has 146 valence electrons. The van der Waals surface area contributed by atoms with E-state index in [1.54, 1.807) is 6.20 Å². The van der Waals surface area contributed by atoms with Crippen LogP contribution >= 0.6 is 0 Å². The molecule has 1 aromatic heterocycles. The summed E-state index contributed by atoms with van der Waals surface area (Å²) in [6.07, 6.45) is 10.1. The highest BCUT2D eigenvalue weighted by molar-refractivity contribution is 5.79. The number of hydrogen-bond acceptors (Lipinski definition) is 3. The number of hydrogen-bond donors (Lipinski definition) is 2. The Kier molecular flexibility index (Phi) is 6.85. The molecule has 0 radical (unpaired) electrons. The van der Waals surface area contributed by atoms with Gasteiger partial charge in [0.2, 0.25) is 5.91 Å². The molecule has 1 unspecified atom stereocenters. The largest absolute Gasteiger partial charge is 0.350 e. The zero-order valence-corrected chi connectivity index (χ0v) is 16.1. The lowest BCUT2D eigenvalue weighted by atomic mass is 9.94. The standard InChI is InChI=1S/C21H30N4O2/c1-16(17-7-3-2-4-8-17)24-21(27)25-13-10-18(11-14-25)20(26)23-15-19-9-5-6-12-22-19/h5-7,9,12,16,18H,2-4,8,10-11,13-15H2,1H3,(H,23,26)(H,24,27). The van der Waals surface area contributed by atoms with E-state index in [1.807, 2.05) is 23.1 Å². The van der Waals surface area contributed by atoms with Crippen LogP contribution in [0.4, 0.5) is 4.79 Å². The van der Waals surface area contributed by atoms with Crippen molar-refractivity contribution in [1.29, 1.82) is 0 Å². The van der Waals surface area contributed by atoms with E-state index in [1.165, 1.54) is 18.4 Å². The van der Waals surface area contributed by atoms with E-state index < -0.39 is 0 Å². The molecule has 1 saturated heterocycles. The summed E-state index contributed by atoms with van der Waals surface area (Å²) in [6, 6.07) is 5.75. The van der Waals surface area contributed by atoms with Gasteiger partial charge in [0.25, 0.3) is 0 Å². The predicted octanol–water partition coefficient (Wildman–Crippen LogP) is 3.01. The first-order valence-corrected chi connectivity index (χ1v) is 10.1. The first-order valence-electron chi connectivity index (χ1n) is 10.1. The number of nitrogens with one attached hydrogen (secondary N) is 2. The topological polar surface area (TPSA) is 74.3 Å². The van der Waals surface area contributed by atoms with Crippen LogP contribution in [0.15, 0.2) is 36.0 Å². The summed E-state index contributed by atoms with van der Waals surface area (Å²) >= 11 is 0. The van der Waals surface area contributed by atoms with Crippen molar-refractivity contribution in [2.75, 3.05) is 13.1 Å². The van der Waals surface area contributed by atoms with Crippen LogP contribution in [0.25, 0.3) is 0 Å². The fraction of sp³-hybridized carbons (Fsp3) is 0.571. The van der Waals surface area contributed by atoms with Crippen LogP contribution in [-0.2, 0) is 11.3 Å². The van der Waals surface area contributed by atoms with Crippen molar-refractivity contribution in [3.05, 3.63) is 41.7 Å². The molecular formula is C21H30N4O2. The van der Waals surface area contributed by atoms with Gasteiger partial charge in [0.05, 0.1) is 12.2 Å². The number of amides is 3. The van der Waals surface area contributed by atoms with Crippen molar-refractivity contribution in [2.45, 2.75) is 58.0 Å². The molecule has 1 fully saturated rings. The van der Waals surface area contributed by atoms with E-state index in [2.05, 4.69) is 28.6 Å². The van der Waals surface area contributed by atoms with Crippen molar-refractivity contribution in [2.24, 2.45) is 5.92 Å². The van der Waals surface area contributed by atoms with Gasteiger partial charge < -0.3 is 15.5 Å². The lowest BCUT2D eigenvalue weighted by Gasteiger charge is -2.33. The summed E-state index contributed by atoms with van der Waals surface area (Å²) in [6.45, 7) is 3.76. The summed E-state index contributed by atoms with van der Waals surface area (Å²) in [7, 11) is 0. The smallest absolute Gasteiger partial charge is 0.317 e. The minimum atomic E-state index is -0.0313. The molecule has 6 heteroatoms. The first-order chi connectivity index (χ1) is 13.1. The second kappa shape index (κ2) is 9.53. The monoisotopic (exact) mass is 370 g/mol. The Balaban J connectivity index is 1.40. The van der Waals surface area contributed by atoms with E-state index in [0.717, 1.165) is 18.5 Å². The average Bonchev–Trinajstić information content (AvgIpc) is 2.73. The van der Waals surface area contributed by atoms with Crippen LogP contribution in [0.2, 0.25) is 0 Å². The summed E-state index contributed by atoms with van der Waals surface area (Å²) < 4.78 is 0. The third kappa shape index (κ3) is 5.55. The van der Waals surface area contributed by atoms with Gasteiger partial charge in [-0.2, -0.15) is 0 Å². The van der Waals surface area contributed by atoms with Gasteiger partial charge in [-0.1, -0.05) is 17.7 Å². The molecular weight excluding hydrogens is 340 g/mol. The number of aromatic nitrogens is 1. The van der Waals surface area contributed by atoms with Crippen LogP contribution in [0.1, 0.15) is 51.1 Å². The van der Waals surface area contributed by atoms with Gasteiger partial charge in [-0.05, 0) is 57.6 Å². The summed E-state index contributed by atoms with van der Waals surface area (Å²) in [5.41, 5.74) is 2.20. The molecule has 2 aliphatic rings. The van der Waals surface area contributed by atoms with Gasteiger partial charge in [-0.15, -0.1) is 0 Å². The maximum Gasteiger partial charge on any atom is 0.317 e. The number of nitrogens with zero attached hydrogens (tertiary/aromatic N) is 2. The van der Waals surface area contributed by atoms with Crippen molar-refractivity contribution >= 4 is 11.9 Å². The fourth-order valence-electron chi connectivity index (χ4n) is 3.79. The van der Waals surface area contributed by atoms with Gasteiger partial charge in [0.1, 0.15) is 0 Å². The molecule has 0 spiro atoms. The van der Waals surface area contributed by atoms with E-state index in [0.29, 0.717) is 32.5 Å². The lowest BCUT2D eigenvalue weighted by molar-refractivity contribution is -0.126. The number of carbonyl (C=O) groups excluding carboxylic acids is 2. The SMILES string of the molecule is CC(NC(=O)N1CCC(C(=O)NCc2ccccn2)CC1)C1=CCCCC1. The number of urea groups is 1. The van der Waals surface area contributed by atoms with Gasteiger partial charge in [-0.25, -0.2) is 4.79 Å². The minimum absolute atomic E-state index is 0.0127. The third-order valence-electron chi connectivity index (χ3n) is 5.55. The molecule has 0 bridgehead atoms. The first kappa shape index (κ1) is 19.4. The number of piperidine rings is 1. The van der Waals surface area contributed by atoms with Crippen LogP contribution in [0, 0.1) is 5.92 Å². The van der Waals surface area contributed by atoms with E-state index in [9.17, 15) is 9.59 Å². The van der Waals surface area contributed by atoms with Crippen LogP contribution in [0.3, 0.4) is 0 Å². The second-order valence-corrected chi connectivity index (χ2v) is 7.50. The lowest BCUT2D eigenvalue weighted by Crippen LogP contribution is -2.49. The van der Waals surface area contributed by atoms with Gasteiger partial charge in [-0.3, -0.25) is 9.78 Å². The number of allylic oxidation sites excluding steroid dienone is 1. The number of likely N-dealkylation sites (tertiary alicyclic amines) is 1. The van der Waals surface area contributed by atoms with Crippen LogP contribution < -0.4 is 10.6 Å². The zero-order chi connectivity index (χ0) is 19.1. The maximum atomic E-state index is 12.5. The molecule has 6 nitrogen and oxygen atoms in total. The Morgan fingerprint density at radius 3 is 2.74 bits per heavy atom. The summed E-state index contributed by atoms with van der Waals surface area (Å²) in [5, 5.41) is 6.08. The molecule has 0 saturated carbocycles. The van der Waals surface area contributed by atoms with Gasteiger partial charge in [0, 0.05) is 31.2 Å². The van der Waals surface area contributed by atoms with E-state index in [4.69, 9.17) is 0 Å². The predicted molar refractivity (Wildman–Crippen MR) is 105 cm³/mol. The number of pyridine rings is 1. The second-order valence-electron chi connectivity index (χ2n) is 7.50. The normalized spacial score (nSPS) is 19.1. The Labute approximate surface area is 161 Å². The quantitative estimate of drug-likeness (QED) is 0.783. The van der Waals surface area contributed by atoms with E-state index in [-0.39, 0.29) is 23.9 Å². The average molecular weight is 370 g/mol. The zero-order valence-electron chi connectivity index (χ0n) is 16.1. The molecule has 0 aromatic carbocycles. The van der Waals surface area contributed by atoms with Gasteiger partial charge >= 0.3 is 6.03 Å². The van der Waals surface area contributed by atoms with Gasteiger partial charge in [0.15, 0.2) is 0 Å². The number of carbonyl (C=O) groups is 2. The third-order valence-corrected chi connectivity index (χ3v) is 5.55. The highest BCUT2D eigenvalue weighted by Crippen LogP contribution is 2.21. The molecule has 27 heavy (non-hydrogen) atoms. The Hall–Kier alpha value is -2.37.